The van der Waals surface area contributed by atoms with Gasteiger partial charge in [-0.3, -0.25) is 0 Å². The van der Waals surface area contributed by atoms with E-state index in [-0.39, 0.29) is 0 Å². The first-order chi connectivity index (χ1) is 4.43. The van der Waals surface area contributed by atoms with Gasteiger partial charge in [-0.2, -0.15) is 0 Å². The summed E-state index contributed by atoms with van der Waals surface area (Å²) in [6, 6.07) is 1.76. The highest BCUT2D eigenvalue weighted by Gasteiger charge is 1.86. The molecule has 0 aliphatic carbocycles. The fourth-order valence-corrected chi connectivity index (χ4v) is 0.527. The minimum absolute atomic E-state index is 0.529. The van der Waals surface area contributed by atoms with Crippen molar-refractivity contribution in [3.05, 3.63) is 24.3 Å². The molecule has 0 bridgehead atoms. The molecule has 0 atom stereocenters. The Balaban J connectivity index is 2.72. The highest BCUT2D eigenvalue weighted by Crippen LogP contribution is 1.84. The van der Waals surface area contributed by atoms with Crippen LogP contribution in [0.15, 0.2) is 18.5 Å². The molecule has 3 nitrogen and oxygen atoms in total. The maximum atomic E-state index is 6.74. The zero-order valence-corrected chi connectivity index (χ0v) is 4.91. The van der Waals surface area contributed by atoms with Gasteiger partial charge in [-0.1, -0.05) is 0 Å². The molecular weight excluding hydrogens is 114 g/mol. The average molecular weight is 121 g/mol. The van der Waals surface area contributed by atoms with Gasteiger partial charge in [-0.15, -0.1) is 0 Å². The van der Waals surface area contributed by atoms with E-state index in [1.807, 2.05) is 0 Å². The van der Waals surface area contributed by atoms with Crippen molar-refractivity contribution in [1.29, 1.82) is 5.41 Å². The van der Waals surface area contributed by atoms with Crippen LogP contribution in [0, 0.1) is 5.41 Å². The molecule has 0 saturated heterocycles. The number of hydrogen-bond donors (Lipinski definition) is 1. The second-order valence-electron chi connectivity index (χ2n) is 1.57. The van der Waals surface area contributed by atoms with E-state index in [9.17, 15) is 0 Å². The molecule has 1 heterocycles. The molecule has 1 aromatic heterocycles. The van der Waals surface area contributed by atoms with E-state index in [0.717, 1.165) is 0 Å². The third-order valence-corrected chi connectivity index (χ3v) is 0.904. The Morgan fingerprint density at radius 3 is 2.67 bits per heavy atom. The van der Waals surface area contributed by atoms with Gasteiger partial charge in [-0.05, 0) is 6.07 Å². The summed E-state index contributed by atoms with van der Waals surface area (Å²) in [6.07, 6.45) is 5.16. The molecule has 0 saturated carbocycles. The standard InChI is InChI=1S/C6H7N3/c7-3-2-6-8-4-1-5-9-6/h1,3-5,7H,2H2. The molecular formula is C6H7N3. The van der Waals surface area contributed by atoms with E-state index in [0.29, 0.717) is 12.2 Å². The van der Waals surface area contributed by atoms with Crippen LogP contribution in [-0.2, 0) is 6.42 Å². The molecule has 0 spiro atoms. The monoisotopic (exact) mass is 121 g/mol. The quantitative estimate of drug-likeness (QED) is 0.584. The van der Waals surface area contributed by atoms with Crippen molar-refractivity contribution >= 4 is 6.21 Å². The average Bonchev–Trinajstić information content (AvgIpc) is 1.91. The first-order valence-electron chi connectivity index (χ1n) is 2.68. The third kappa shape index (κ3) is 1.60. The van der Waals surface area contributed by atoms with Gasteiger partial charge in [0.25, 0.3) is 0 Å². The van der Waals surface area contributed by atoms with Gasteiger partial charge in [0.15, 0.2) is 0 Å². The number of nitrogens with zero attached hydrogens (tertiary/aromatic N) is 2. The van der Waals surface area contributed by atoms with Gasteiger partial charge >= 0.3 is 0 Å². The van der Waals surface area contributed by atoms with E-state index in [1.165, 1.54) is 6.21 Å². The molecule has 0 aliphatic heterocycles. The Labute approximate surface area is 53.3 Å². The Morgan fingerprint density at radius 2 is 2.11 bits per heavy atom. The van der Waals surface area contributed by atoms with Gasteiger partial charge in [0.1, 0.15) is 5.82 Å². The number of nitrogens with one attached hydrogen (secondary N) is 1. The van der Waals surface area contributed by atoms with Crippen LogP contribution >= 0.6 is 0 Å². The van der Waals surface area contributed by atoms with E-state index in [2.05, 4.69) is 9.97 Å². The minimum atomic E-state index is 0.529. The molecule has 46 valence electrons. The lowest BCUT2D eigenvalue weighted by Gasteiger charge is -1.88. The molecule has 1 N–H and O–H groups in total. The van der Waals surface area contributed by atoms with Crippen molar-refractivity contribution in [3.63, 3.8) is 0 Å². The van der Waals surface area contributed by atoms with Gasteiger partial charge in [0, 0.05) is 25.0 Å². The molecule has 0 radical (unpaired) electrons. The predicted molar refractivity (Wildman–Crippen MR) is 34.5 cm³/mol. The van der Waals surface area contributed by atoms with E-state index < -0.39 is 0 Å². The third-order valence-electron chi connectivity index (χ3n) is 0.904. The number of aromatic nitrogens is 2. The summed E-state index contributed by atoms with van der Waals surface area (Å²) < 4.78 is 0. The Kier molecular flexibility index (Phi) is 1.90. The van der Waals surface area contributed by atoms with Crippen LogP contribution in [0.5, 0.6) is 0 Å². The summed E-state index contributed by atoms with van der Waals surface area (Å²) in [6.45, 7) is 0. The summed E-state index contributed by atoms with van der Waals surface area (Å²) in [5.41, 5.74) is 0. The van der Waals surface area contributed by atoms with Gasteiger partial charge in [-0.25, -0.2) is 9.97 Å². The molecule has 1 aromatic rings. The topological polar surface area (TPSA) is 49.6 Å². The maximum absolute atomic E-state index is 6.74. The predicted octanol–water partition coefficient (Wildman–Crippen LogP) is 0.669. The van der Waals surface area contributed by atoms with Crippen LogP contribution in [0.4, 0.5) is 0 Å². The molecule has 0 aromatic carbocycles. The smallest absolute Gasteiger partial charge is 0.133 e. The van der Waals surface area contributed by atoms with Crippen LogP contribution in [-0.4, -0.2) is 16.2 Å². The van der Waals surface area contributed by atoms with E-state index >= 15 is 0 Å². The number of hydrogen-bond acceptors (Lipinski definition) is 3. The summed E-state index contributed by atoms with van der Waals surface area (Å²) in [4.78, 5) is 7.81. The highest BCUT2D eigenvalue weighted by atomic mass is 14.8. The zero-order valence-electron chi connectivity index (χ0n) is 4.91. The summed E-state index contributed by atoms with van der Waals surface area (Å²) >= 11 is 0. The lowest BCUT2D eigenvalue weighted by atomic mass is 10.4. The normalized spacial score (nSPS) is 8.89. The summed E-state index contributed by atoms with van der Waals surface area (Å²) in [5.74, 6) is 0.701. The van der Waals surface area contributed by atoms with Crippen LogP contribution < -0.4 is 0 Å². The molecule has 1 rings (SSSR count). The zero-order chi connectivity index (χ0) is 6.53. The van der Waals surface area contributed by atoms with Crippen LogP contribution in [0.25, 0.3) is 0 Å². The first kappa shape index (κ1) is 5.88. The minimum Gasteiger partial charge on any atom is -0.313 e. The van der Waals surface area contributed by atoms with Crippen LogP contribution in [0.2, 0.25) is 0 Å². The van der Waals surface area contributed by atoms with Crippen LogP contribution in [0.3, 0.4) is 0 Å². The lowest BCUT2D eigenvalue weighted by Crippen LogP contribution is -1.92. The molecule has 9 heavy (non-hydrogen) atoms. The highest BCUT2D eigenvalue weighted by molar-refractivity contribution is 5.55. The largest absolute Gasteiger partial charge is 0.313 e. The lowest BCUT2D eigenvalue weighted by molar-refractivity contribution is 1.01. The second kappa shape index (κ2) is 2.91. The first-order valence-corrected chi connectivity index (χ1v) is 2.68. The Hall–Kier alpha value is -1.25. The molecule has 0 amide bonds. The van der Waals surface area contributed by atoms with Crippen molar-refractivity contribution in [2.24, 2.45) is 0 Å². The Bertz CT molecular complexity index is 183. The fraction of sp³-hybridized carbons (Fsp3) is 0.167. The maximum Gasteiger partial charge on any atom is 0.133 e. The van der Waals surface area contributed by atoms with Crippen molar-refractivity contribution < 1.29 is 0 Å². The fourth-order valence-electron chi connectivity index (χ4n) is 0.527. The summed E-state index contributed by atoms with van der Waals surface area (Å²) in [5, 5.41) is 6.74. The van der Waals surface area contributed by atoms with E-state index in [1.54, 1.807) is 18.5 Å². The SMILES string of the molecule is N=CCc1ncccn1. The van der Waals surface area contributed by atoms with Crippen molar-refractivity contribution in [2.45, 2.75) is 6.42 Å². The van der Waals surface area contributed by atoms with Crippen LogP contribution in [0.1, 0.15) is 5.82 Å². The molecule has 0 unspecified atom stereocenters. The van der Waals surface area contributed by atoms with Crippen molar-refractivity contribution in [2.75, 3.05) is 0 Å². The molecule has 0 fully saturated rings. The van der Waals surface area contributed by atoms with Gasteiger partial charge in [0.2, 0.25) is 0 Å². The van der Waals surface area contributed by atoms with Crippen molar-refractivity contribution in [3.8, 4) is 0 Å². The molecule has 3 heteroatoms. The van der Waals surface area contributed by atoms with E-state index in [4.69, 9.17) is 5.41 Å². The summed E-state index contributed by atoms with van der Waals surface area (Å²) in [7, 11) is 0. The van der Waals surface area contributed by atoms with Crippen molar-refractivity contribution in [1.82, 2.24) is 9.97 Å². The van der Waals surface area contributed by atoms with Gasteiger partial charge in [0.05, 0.1) is 0 Å². The second-order valence-corrected chi connectivity index (χ2v) is 1.57. The number of rotatable bonds is 2. The Morgan fingerprint density at radius 1 is 1.44 bits per heavy atom. The molecule has 0 aliphatic rings. The van der Waals surface area contributed by atoms with Gasteiger partial charge < -0.3 is 5.41 Å².